The molecule has 4 rings (SSSR count). The van der Waals surface area contributed by atoms with Gasteiger partial charge in [-0.25, -0.2) is 9.59 Å². The van der Waals surface area contributed by atoms with Gasteiger partial charge >= 0.3 is 11.9 Å². The smallest absolute Gasteiger partial charge is 0.338 e. The number of ether oxygens (including phenoxy) is 5. The minimum atomic E-state index is -1.18. The molecule has 40 heavy (non-hydrogen) atoms. The van der Waals surface area contributed by atoms with Gasteiger partial charge in [-0.1, -0.05) is 81.2 Å². The molecule has 2 atom stereocenters. The Morgan fingerprint density at radius 3 is 1.95 bits per heavy atom. The van der Waals surface area contributed by atoms with Gasteiger partial charge < -0.3 is 23.7 Å². The number of allylic oxidation sites excluding steroid dienone is 1. The lowest BCUT2D eigenvalue weighted by atomic mass is 9.79. The largest absolute Gasteiger partial charge is 0.490 e. The second-order valence-electron chi connectivity index (χ2n) is 10.7. The Labute approximate surface area is 237 Å². The van der Waals surface area contributed by atoms with Crippen LogP contribution in [0, 0.1) is 11.8 Å². The zero-order valence-electron chi connectivity index (χ0n) is 23.9. The Morgan fingerprint density at radius 2 is 1.40 bits per heavy atom. The van der Waals surface area contributed by atoms with Crippen LogP contribution in [0.5, 0.6) is 5.75 Å². The predicted octanol–water partition coefficient (Wildman–Crippen LogP) is 6.80. The van der Waals surface area contributed by atoms with Crippen LogP contribution in [0.2, 0.25) is 0 Å². The molecule has 0 aromatic heterocycles. The SMILES string of the molecule is CCCCC[C@H]1CC[C@H](C=CCOc2ccc(-c3ccc(C4O[C@@H](C(=O)OC)[C@H](C(=O)OC)O4)cc3)cc2)CC1. The molecule has 0 unspecified atom stereocenters. The van der Waals surface area contributed by atoms with Gasteiger partial charge in [0.05, 0.1) is 14.2 Å². The summed E-state index contributed by atoms with van der Waals surface area (Å²) in [5, 5.41) is 0. The molecule has 7 heteroatoms. The van der Waals surface area contributed by atoms with Gasteiger partial charge in [-0.3, -0.25) is 0 Å². The fourth-order valence-corrected chi connectivity index (χ4v) is 5.51. The van der Waals surface area contributed by atoms with Crippen LogP contribution in [0.3, 0.4) is 0 Å². The van der Waals surface area contributed by atoms with E-state index in [4.69, 9.17) is 23.7 Å². The van der Waals surface area contributed by atoms with E-state index in [2.05, 4.69) is 19.1 Å². The Kier molecular flexibility index (Phi) is 11.2. The van der Waals surface area contributed by atoms with Crippen molar-refractivity contribution in [2.75, 3.05) is 20.8 Å². The molecule has 0 amide bonds. The van der Waals surface area contributed by atoms with Crippen molar-refractivity contribution in [1.29, 1.82) is 0 Å². The molecule has 1 aliphatic carbocycles. The molecule has 0 bridgehead atoms. The molecule has 2 fully saturated rings. The van der Waals surface area contributed by atoms with E-state index in [1.165, 1.54) is 65.6 Å². The van der Waals surface area contributed by atoms with E-state index in [9.17, 15) is 9.59 Å². The maximum atomic E-state index is 12.0. The third-order valence-corrected chi connectivity index (χ3v) is 7.91. The van der Waals surface area contributed by atoms with Crippen LogP contribution in [-0.4, -0.2) is 45.0 Å². The summed E-state index contributed by atoms with van der Waals surface area (Å²) in [6.07, 6.45) is 12.1. The molecule has 1 heterocycles. The summed E-state index contributed by atoms with van der Waals surface area (Å²) in [7, 11) is 2.47. The number of unbranched alkanes of at least 4 members (excludes halogenated alkanes) is 2. The van der Waals surface area contributed by atoms with Crippen molar-refractivity contribution in [2.45, 2.75) is 76.8 Å². The van der Waals surface area contributed by atoms with Crippen molar-refractivity contribution in [1.82, 2.24) is 0 Å². The third kappa shape index (κ3) is 7.95. The van der Waals surface area contributed by atoms with Crippen LogP contribution < -0.4 is 4.74 Å². The van der Waals surface area contributed by atoms with Crippen molar-refractivity contribution in [3.63, 3.8) is 0 Å². The zero-order chi connectivity index (χ0) is 28.3. The normalized spacial score (nSPS) is 23.3. The highest BCUT2D eigenvalue weighted by atomic mass is 16.8. The van der Waals surface area contributed by atoms with Gasteiger partial charge in [0, 0.05) is 5.56 Å². The van der Waals surface area contributed by atoms with Crippen molar-refractivity contribution >= 4 is 11.9 Å². The average Bonchev–Trinajstić information content (AvgIpc) is 3.45. The number of hydrogen-bond donors (Lipinski definition) is 0. The summed E-state index contributed by atoms with van der Waals surface area (Å²) >= 11 is 0. The summed E-state index contributed by atoms with van der Waals surface area (Å²) in [6.45, 7) is 2.85. The summed E-state index contributed by atoms with van der Waals surface area (Å²) < 4.78 is 26.8. The van der Waals surface area contributed by atoms with E-state index in [0.717, 1.165) is 22.8 Å². The summed E-state index contributed by atoms with van der Waals surface area (Å²) in [6, 6.07) is 15.6. The number of rotatable bonds is 12. The molecule has 0 radical (unpaired) electrons. The molecule has 1 saturated carbocycles. The highest BCUT2D eigenvalue weighted by Crippen LogP contribution is 2.34. The van der Waals surface area contributed by atoms with E-state index in [1.54, 1.807) is 0 Å². The summed E-state index contributed by atoms with van der Waals surface area (Å²) in [5.74, 6) is 1.08. The van der Waals surface area contributed by atoms with Gasteiger partial charge in [0.2, 0.25) is 0 Å². The first-order chi connectivity index (χ1) is 19.5. The van der Waals surface area contributed by atoms with Crippen LogP contribution >= 0.6 is 0 Å². The highest BCUT2D eigenvalue weighted by Gasteiger charge is 2.47. The number of carbonyl (C=O) groups excluding carboxylic acids is 2. The standard InChI is InChI=1S/C33H42O7/c1-4-5-6-8-23-10-12-24(13-11-23)9-7-22-38-28-20-18-26(19-21-28)25-14-16-27(17-15-25)33-39-29(31(34)36-2)30(40-33)32(35)37-3/h7,9,14-21,23-24,29-30,33H,4-6,8,10-13,22H2,1-3H3/t23-,24-,29-,30-/m1/s1. The van der Waals surface area contributed by atoms with Crippen LogP contribution in [0.1, 0.15) is 70.1 Å². The monoisotopic (exact) mass is 550 g/mol. The van der Waals surface area contributed by atoms with Gasteiger partial charge in [0.25, 0.3) is 0 Å². The lowest BCUT2D eigenvalue weighted by molar-refractivity contribution is -0.160. The van der Waals surface area contributed by atoms with Crippen molar-refractivity contribution in [2.24, 2.45) is 11.8 Å². The number of benzene rings is 2. The maximum Gasteiger partial charge on any atom is 0.338 e. The lowest BCUT2D eigenvalue weighted by Gasteiger charge is -2.26. The molecule has 216 valence electrons. The van der Waals surface area contributed by atoms with Crippen LogP contribution in [0.4, 0.5) is 0 Å². The Hall–Kier alpha value is -3.16. The van der Waals surface area contributed by atoms with Crippen molar-refractivity contribution < 1.29 is 33.3 Å². The molecule has 2 aliphatic rings. The van der Waals surface area contributed by atoms with Gasteiger partial charge in [0.1, 0.15) is 12.4 Å². The molecular formula is C33H42O7. The van der Waals surface area contributed by atoms with E-state index >= 15 is 0 Å². The van der Waals surface area contributed by atoms with E-state index in [1.807, 2.05) is 48.5 Å². The second kappa shape index (κ2) is 15.0. The first kappa shape index (κ1) is 29.8. The molecule has 2 aromatic carbocycles. The fraction of sp³-hybridized carbons (Fsp3) is 0.515. The lowest BCUT2D eigenvalue weighted by Crippen LogP contribution is -2.38. The molecular weight excluding hydrogens is 508 g/mol. The van der Waals surface area contributed by atoms with E-state index in [-0.39, 0.29) is 0 Å². The average molecular weight is 551 g/mol. The maximum absolute atomic E-state index is 12.0. The number of hydrogen-bond acceptors (Lipinski definition) is 7. The Morgan fingerprint density at radius 1 is 0.825 bits per heavy atom. The van der Waals surface area contributed by atoms with Crippen LogP contribution in [-0.2, 0) is 28.5 Å². The topological polar surface area (TPSA) is 80.3 Å². The Bertz CT molecular complexity index is 1080. The quantitative estimate of drug-likeness (QED) is 0.163. The van der Waals surface area contributed by atoms with Crippen molar-refractivity contribution in [3.05, 3.63) is 66.2 Å². The molecule has 0 spiro atoms. The minimum absolute atomic E-state index is 0.574. The molecule has 1 saturated heterocycles. The summed E-state index contributed by atoms with van der Waals surface area (Å²) in [4.78, 5) is 24.1. The molecule has 0 N–H and O–H groups in total. The van der Waals surface area contributed by atoms with E-state index in [0.29, 0.717) is 18.1 Å². The molecule has 2 aromatic rings. The molecule has 1 aliphatic heterocycles. The van der Waals surface area contributed by atoms with Crippen molar-refractivity contribution in [3.8, 4) is 16.9 Å². The van der Waals surface area contributed by atoms with Gasteiger partial charge in [0.15, 0.2) is 18.5 Å². The number of carbonyl (C=O) groups is 2. The van der Waals surface area contributed by atoms with Gasteiger partial charge in [-0.15, -0.1) is 0 Å². The first-order valence-electron chi connectivity index (χ1n) is 14.5. The number of methoxy groups -OCH3 is 2. The predicted molar refractivity (Wildman–Crippen MR) is 153 cm³/mol. The van der Waals surface area contributed by atoms with Gasteiger partial charge in [-0.05, 0) is 60.8 Å². The second-order valence-corrected chi connectivity index (χ2v) is 10.7. The van der Waals surface area contributed by atoms with Crippen LogP contribution in [0.25, 0.3) is 11.1 Å². The minimum Gasteiger partial charge on any atom is -0.490 e. The van der Waals surface area contributed by atoms with Gasteiger partial charge in [-0.2, -0.15) is 0 Å². The highest BCUT2D eigenvalue weighted by molar-refractivity contribution is 5.86. The summed E-state index contributed by atoms with van der Waals surface area (Å²) in [5.41, 5.74) is 2.73. The number of esters is 2. The first-order valence-corrected chi connectivity index (χ1v) is 14.5. The van der Waals surface area contributed by atoms with E-state index < -0.39 is 30.4 Å². The molecule has 7 nitrogen and oxygen atoms in total. The Balaban J connectivity index is 1.24. The third-order valence-electron chi connectivity index (χ3n) is 7.91. The zero-order valence-corrected chi connectivity index (χ0v) is 23.9. The fourth-order valence-electron chi connectivity index (χ4n) is 5.51. The van der Waals surface area contributed by atoms with Crippen LogP contribution in [0.15, 0.2) is 60.7 Å².